The molecule has 0 aliphatic carbocycles. The average Bonchev–Trinajstić information content (AvgIpc) is 3.30. The third-order valence-electron chi connectivity index (χ3n) is 5.66. The summed E-state index contributed by atoms with van der Waals surface area (Å²) in [7, 11) is 0. The molecule has 0 aliphatic rings. The SMILES string of the molecule is Nc1ncc(-c2ccc3ncc(-c4ccc(OCCCc5ccncc5)cc4)n3n2)cc1C(F)(F)F. The van der Waals surface area contributed by atoms with Gasteiger partial charge in [-0.15, -0.1) is 0 Å². The molecular formula is C26H21F3N6O. The van der Waals surface area contributed by atoms with Gasteiger partial charge < -0.3 is 10.5 Å². The van der Waals surface area contributed by atoms with E-state index in [1.54, 1.807) is 35.2 Å². The van der Waals surface area contributed by atoms with Crippen LogP contribution in [-0.4, -0.2) is 31.2 Å². The van der Waals surface area contributed by atoms with E-state index in [4.69, 9.17) is 10.5 Å². The first-order valence-corrected chi connectivity index (χ1v) is 11.2. The Kier molecular flexibility index (Phi) is 6.24. The number of hydrogen-bond acceptors (Lipinski definition) is 6. The van der Waals surface area contributed by atoms with Crippen molar-refractivity contribution in [3.05, 3.63) is 90.5 Å². The number of aromatic nitrogens is 5. The number of imidazole rings is 1. The molecule has 5 aromatic rings. The van der Waals surface area contributed by atoms with Gasteiger partial charge in [0.25, 0.3) is 0 Å². The van der Waals surface area contributed by atoms with Gasteiger partial charge in [-0.25, -0.2) is 14.5 Å². The van der Waals surface area contributed by atoms with Gasteiger partial charge in [-0.3, -0.25) is 4.98 Å². The van der Waals surface area contributed by atoms with E-state index in [9.17, 15) is 13.2 Å². The molecule has 1 aromatic carbocycles. The summed E-state index contributed by atoms with van der Waals surface area (Å²) in [6.07, 6.45) is 3.67. The van der Waals surface area contributed by atoms with Crippen LogP contribution in [0.3, 0.4) is 0 Å². The van der Waals surface area contributed by atoms with Crippen molar-refractivity contribution < 1.29 is 17.9 Å². The fourth-order valence-electron chi connectivity index (χ4n) is 3.80. The number of benzene rings is 1. The van der Waals surface area contributed by atoms with E-state index in [-0.39, 0.29) is 5.56 Å². The average molecular weight is 490 g/mol. The monoisotopic (exact) mass is 490 g/mol. The molecule has 7 nitrogen and oxygen atoms in total. The maximum absolute atomic E-state index is 13.3. The zero-order chi connectivity index (χ0) is 25.1. The molecule has 0 unspecified atom stereocenters. The lowest BCUT2D eigenvalue weighted by Crippen LogP contribution is -2.10. The molecule has 10 heteroatoms. The lowest BCUT2D eigenvalue weighted by Gasteiger charge is -2.11. The minimum atomic E-state index is -4.61. The molecule has 0 bridgehead atoms. The zero-order valence-electron chi connectivity index (χ0n) is 19.0. The van der Waals surface area contributed by atoms with Crippen molar-refractivity contribution in [3.8, 4) is 28.3 Å². The van der Waals surface area contributed by atoms with Gasteiger partial charge in [-0.2, -0.15) is 18.3 Å². The first-order chi connectivity index (χ1) is 17.4. The molecule has 4 heterocycles. The normalized spacial score (nSPS) is 11.6. The van der Waals surface area contributed by atoms with Crippen LogP contribution in [0.4, 0.5) is 19.0 Å². The molecular weight excluding hydrogens is 469 g/mol. The number of nitrogen functional groups attached to an aromatic ring is 1. The van der Waals surface area contributed by atoms with Crippen LogP contribution in [-0.2, 0) is 12.6 Å². The minimum Gasteiger partial charge on any atom is -0.494 e. The smallest absolute Gasteiger partial charge is 0.419 e. The van der Waals surface area contributed by atoms with E-state index in [0.29, 0.717) is 23.6 Å². The van der Waals surface area contributed by atoms with Gasteiger partial charge >= 0.3 is 6.18 Å². The van der Waals surface area contributed by atoms with Crippen LogP contribution < -0.4 is 10.5 Å². The lowest BCUT2D eigenvalue weighted by atomic mass is 10.1. The molecule has 0 spiro atoms. The van der Waals surface area contributed by atoms with Gasteiger partial charge in [0.15, 0.2) is 5.65 Å². The number of rotatable bonds is 7. The Morgan fingerprint density at radius 3 is 2.42 bits per heavy atom. The van der Waals surface area contributed by atoms with Crippen LogP contribution in [0, 0.1) is 0 Å². The molecule has 4 aromatic heterocycles. The molecule has 0 saturated heterocycles. The lowest BCUT2D eigenvalue weighted by molar-refractivity contribution is -0.137. The van der Waals surface area contributed by atoms with E-state index >= 15 is 0 Å². The van der Waals surface area contributed by atoms with Crippen LogP contribution in [0.15, 0.2) is 79.4 Å². The standard InChI is InChI=1S/C26H21F3N6O/c27-26(28,29)21-14-19(15-33-25(21)30)22-7-8-24-32-16-23(35(24)34-22)18-3-5-20(6-4-18)36-13-1-2-17-9-11-31-12-10-17/h3-12,14-16H,1-2,13H2,(H2,30,33). The molecule has 0 aliphatic heterocycles. The number of ether oxygens (including phenoxy) is 1. The second-order valence-electron chi connectivity index (χ2n) is 8.12. The number of hydrogen-bond donors (Lipinski definition) is 1. The van der Waals surface area contributed by atoms with E-state index < -0.39 is 17.6 Å². The molecule has 0 saturated carbocycles. The predicted molar refractivity (Wildman–Crippen MR) is 129 cm³/mol. The number of pyridine rings is 2. The number of fused-ring (bicyclic) bond motifs is 1. The Hall–Kier alpha value is -4.47. The largest absolute Gasteiger partial charge is 0.494 e. The van der Waals surface area contributed by atoms with E-state index in [1.807, 2.05) is 36.4 Å². The Bertz CT molecular complexity index is 1480. The maximum atomic E-state index is 13.3. The van der Waals surface area contributed by atoms with Gasteiger partial charge in [0.2, 0.25) is 0 Å². The van der Waals surface area contributed by atoms with E-state index in [0.717, 1.165) is 30.2 Å². The molecule has 182 valence electrons. The first-order valence-electron chi connectivity index (χ1n) is 11.2. The van der Waals surface area contributed by atoms with Crippen LogP contribution in [0.2, 0.25) is 0 Å². The van der Waals surface area contributed by atoms with Crippen molar-refractivity contribution in [2.24, 2.45) is 0 Å². The number of nitrogens with zero attached hydrogens (tertiary/aromatic N) is 5. The van der Waals surface area contributed by atoms with Crippen LogP contribution in [0.5, 0.6) is 5.75 Å². The summed E-state index contributed by atoms with van der Waals surface area (Å²) in [5.74, 6) is 0.166. The Morgan fingerprint density at radius 2 is 1.67 bits per heavy atom. The summed E-state index contributed by atoms with van der Waals surface area (Å²) >= 11 is 0. The summed E-state index contributed by atoms with van der Waals surface area (Å²) in [6.45, 7) is 0.581. The maximum Gasteiger partial charge on any atom is 0.419 e. The zero-order valence-corrected chi connectivity index (χ0v) is 19.0. The van der Waals surface area contributed by atoms with Crippen molar-refractivity contribution in [3.63, 3.8) is 0 Å². The van der Waals surface area contributed by atoms with Crippen molar-refractivity contribution in [2.45, 2.75) is 19.0 Å². The third kappa shape index (κ3) is 4.97. The van der Waals surface area contributed by atoms with E-state index in [2.05, 4.69) is 20.1 Å². The second-order valence-corrected chi connectivity index (χ2v) is 8.12. The van der Waals surface area contributed by atoms with Gasteiger partial charge in [-0.1, -0.05) is 0 Å². The highest BCUT2D eigenvalue weighted by molar-refractivity contribution is 5.67. The highest BCUT2D eigenvalue weighted by Gasteiger charge is 2.34. The summed E-state index contributed by atoms with van der Waals surface area (Å²) in [5.41, 5.74) is 8.25. The summed E-state index contributed by atoms with van der Waals surface area (Å²) in [5, 5.41) is 4.52. The van der Waals surface area contributed by atoms with Crippen molar-refractivity contribution >= 4 is 11.5 Å². The quantitative estimate of drug-likeness (QED) is 0.305. The van der Waals surface area contributed by atoms with E-state index in [1.165, 1.54) is 11.8 Å². The highest BCUT2D eigenvalue weighted by atomic mass is 19.4. The Balaban J connectivity index is 1.33. The van der Waals surface area contributed by atoms with Gasteiger partial charge in [-0.05, 0) is 73.0 Å². The molecule has 5 rings (SSSR count). The highest BCUT2D eigenvalue weighted by Crippen LogP contribution is 2.35. The Morgan fingerprint density at radius 1 is 0.889 bits per heavy atom. The summed E-state index contributed by atoms with van der Waals surface area (Å²) < 4.78 is 47.3. The number of aryl methyl sites for hydroxylation is 1. The fourth-order valence-corrected chi connectivity index (χ4v) is 3.80. The number of anilines is 1. The number of halogens is 3. The second kappa shape index (κ2) is 9.65. The fraction of sp³-hybridized carbons (Fsp3) is 0.154. The van der Waals surface area contributed by atoms with Crippen molar-refractivity contribution in [2.75, 3.05) is 12.3 Å². The molecule has 36 heavy (non-hydrogen) atoms. The molecule has 0 fully saturated rings. The number of nitrogens with two attached hydrogens (primary N) is 1. The first kappa shape index (κ1) is 23.3. The van der Waals surface area contributed by atoms with Gasteiger partial charge in [0.1, 0.15) is 11.6 Å². The third-order valence-corrected chi connectivity index (χ3v) is 5.66. The van der Waals surface area contributed by atoms with Crippen molar-refractivity contribution in [1.29, 1.82) is 0 Å². The predicted octanol–water partition coefficient (Wildman–Crippen LogP) is 5.47. The molecule has 2 N–H and O–H groups in total. The summed E-state index contributed by atoms with van der Waals surface area (Å²) in [4.78, 5) is 12.1. The topological polar surface area (TPSA) is 91.2 Å². The molecule has 0 amide bonds. The Labute approximate surface area is 204 Å². The summed E-state index contributed by atoms with van der Waals surface area (Å²) in [6, 6.07) is 15.7. The van der Waals surface area contributed by atoms with Crippen LogP contribution >= 0.6 is 0 Å². The molecule has 0 radical (unpaired) electrons. The van der Waals surface area contributed by atoms with Crippen LogP contribution in [0.25, 0.3) is 28.2 Å². The number of alkyl halides is 3. The van der Waals surface area contributed by atoms with Crippen molar-refractivity contribution in [1.82, 2.24) is 24.6 Å². The molecule has 0 atom stereocenters. The van der Waals surface area contributed by atoms with Gasteiger partial charge in [0.05, 0.1) is 29.8 Å². The van der Waals surface area contributed by atoms with Gasteiger partial charge in [0, 0.05) is 29.7 Å². The van der Waals surface area contributed by atoms with Crippen LogP contribution in [0.1, 0.15) is 17.5 Å². The minimum absolute atomic E-state index is 0.202.